The second kappa shape index (κ2) is 19.4. The zero-order chi connectivity index (χ0) is 47.0. The van der Waals surface area contributed by atoms with E-state index in [4.69, 9.17) is 37.6 Å². The average molecular weight is 919 g/mol. The molecule has 3 aromatic carbocycles. The number of carbonyl (C=O) groups excluding carboxylic acids is 1. The predicted molar refractivity (Wildman–Crippen MR) is 214 cm³/mol. The first-order chi connectivity index (χ1) is 30.9. The quantitative estimate of drug-likeness (QED) is 0.0406. The third kappa shape index (κ3) is 9.83. The van der Waals surface area contributed by atoms with Crippen molar-refractivity contribution in [3.05, 3.63) is 76.5 Å². The van der Waals surface area contributed by atoms with E-state index in [0.717, 1.165) is 30.3 Å². The highest BCUT2D eigenvalue weighted by atomic mass is 16.7. The van der Waals surface area contributed by atoms with Crippen LogP contribution in [0, 0.1) is 0 Å². The molecular weight excluding hydrogens is 872 g/mol. The van der Waals surface area contributed by atoms with Gasteiger partial charge in [-0.2, -0.15) is 0 Å². The Bertz CT molecular complexity index is 2400. The number of phenolic OH excluding ortho intramolecular Hbond substituents is 4. The summed E-state index contributed by atoms with van der Waals surface area (Å²) in [4.78, 5) is 27.5. The van der Waals surface area contributed by atoms with Crippen molar-refractivity contribution in [3.8, 4) is 45.8 Å². The molecule has 4 heterocycles. The Labute approximate surface area is 365 Å². The molecule has 0 saturated carbocycles. The number of aromatic hydroxyl groups is 4. The molecule has 0 aliphatic carbocycles. The topological polar surface area (TPSA) is 375 Å². The largest absolute Gasteiger partial charge is 0.508 e. The fourth-order valence-electron chi connectivity index (χ4n) is 7.25. The molecule has 0 spiro atoms. The van der Waals surface area contributed by atoms with Gasteiger partial charge < -0.3 is 104 Å². The van der Waals surface area contributed by atoms with Gasteiger partial charge in [-0.05, 0) is 48.9 Å². The lowest BCUT2D eigenvalue weighted by Crippen LogP contribution is -2.62. The van der Waals surface area contributed by atoms with Crippen molar-refractivity contribution >= 4 is 23.0 Å². The third-order valence-corrected chi connectivity index (χ3v) is 10.9. The maximum absolute atomic E-state index is 14.4. The fraction of sp³-hybridized carbons (Fsp3) is 0.429. The molecule has 23 heteroatoms. The number of fused-ring (bicyclic) bond motifs is 1. The number of hydrogen-bond donors (Lipinski definition) is 13. The molecular formula is C42H46O23. The van der Waals surface area contributed by atoms with Gasteiger partial charge in [-0.1, -0.05) is 12.1 Å². The first kappa shape index (κ1) is 47.3. The summed E-state index contributed by atoms with van der Waals surface area (Å²) in [5.74, 6) is -4.96. The van der Waals surface area contributed by atoms with Gasteiger partial charge in [0.2, 0.25) is 23.8 Å². The highest BCUT2D eigenvalue weighted by Crippen LogP contribution is 2.40. The van der Waals surface area contributed by atoms with Crippen molar-refractivity contribution in [1.29, 1.82) is 0 Å². The number of benzene rings is 3. The van der Waals surface area contributed by atoms with Crippen LogP contribution in [0.3, 0.4) is 0 Å². The van der Waals surface area contributed by atoms with Crippen LogP contribution < -0.4 is 14.9 Å². The molecule has 7 unspecified atom stereocenters. The van der Waals surface area contributed by atoms with Crippen molar-refractivity contribution < 1.29 is 109 Å². The number of hydrogen-bond acceptors (Lipinski definition) is 23. The average Bonchev–Trinajstić information content (AvgIpc) is 3.28. The van der Waals surface area contributed by atoms with E-state index in [2.05, 4.69) is 0 Å². The minimum absolute atomic E-state index is 0.0373. The van der Waals surface area contributed by atoms with E-state index in [0.29, 0.717) is 5.56 Å². The summed E-state index contributed by atoms with van der Waals surface area (Å²) >= 11 is 0. The summed E-state index contributed by atoms with van der Waals surface area (Å²) in [5, 5.41) is 135. The van der Waals surface area contributed by atoms with Gasteiger partial charge in [0.15, 0.2) is 29.7 Å². The molecule has 13 N–H and O–H groups in total. The summed E-state index contributed by atoms with van der Waals surface area (Å²) < 4.78 is 45.5. The number of rotatable bonds is 12. The zero-order valence-corrected chi connectivity index (χ0v) is 33.8. The molecule has 1 aromatic heterocycles. The first-order valence-electron chi connectivity index (χ1n) is 19.9. The van der Waals surface area contributed by atoms with Gasteiger partial charge in [-0.15, -0.1) is 0 Å². The van der Waals surface area contributed by atoms with Gasteiger partial charge in [0, 0.05) is 23.8 Å². The van der Waals surface area contributed by atoms with Crippen LogP contribution in [-0.2, 0) is 28.5 Å². The molecule has 3 aliphatic rings. The van der Waals surface area contributed by atoms with Crippen molar-refractivity contribution in [2.45, 2.75) is 99.0 Å². The van der Waals surface area contributed by atoms with Gasteiger partial charge in [0.25, 0.3) is 0 Å². The molecule has 3 aliphatic heterocycles. The zero-order valence-electron chi connectivity index (χ0n) is 33.8. The molecule has 3 fully saturated rings. The van der Waals surface area contributed by atoms with E-state index in [9.17, 15) is 76.0 Å². The van der Waals surface area contributed by atoms with Crippen LogP contribution in [0.5, 0.6) is 34.5 Å². The lowest BCUT2D eigenvalue weighted by molar-refractivity contribution is -0.319. The normalized spacial score (nSPS) is 32.9. The van der Waals surface area contributed by atoms with Crippen molar-refractivity contribution in [2.75, 3.05) is 13.2 Å². The van der Waals surface area contributed by atoms with E-state index < -0.39 is 156 Å². The lowest BCUT2D eigenvalue weighted by Gasteiger charge is -2.43. The van der Waals surface area contributed by atoms with Crippen LogP contribution in [0.2, 0.25) is 0 Å². The second-order valence-electron chi connectivity index (χ2n) is 15.4. The van der Waals surface area contributed by atoms with Crippen LogP contribution >= 0.6 is 0 Å². The standard InChI is InChI=1S/C42H46O23/c1-15-28(49)31(52)34(55)40(59-15)58-14-25-38(64-26(48)9-4-16-2-6-18(44)7-3-16)33(54)36(57)42(63-25)65-39-30(51)27-22(47)11-19(60-41-35(56)32(53)29(50)24(13-43)62-41)12-23(27)61-37(39)17-5-8-20(45)21(46)10-17/h2-12,15,24-25,28-29,31-36,38,40-47,49-50,52-57H,13-14H2,1H3/b9-4+/t15?,24?,25?,28-,29+,31-,32-,33?,34?,35?,36?,38-,40+,41+,42-/m0/s1. The number of esters is 1. The number of carbonyl (C=O) groups is 1. The molecule has 65 heavy (non-hydrogen) atoms. The second-order valence-corrected chi connectivity index (χ2v) is 15.4. The molecule has 3 saturated heterocycles. The first-order valence-corrected chi connectivity index (χ1v) is 19.9. The van der Waals surface area contributed by atoms with Crippen LogP contribution in [0.25, 0.3) is 28.4 Å². The Morgan fingerprint density at radius 2 is 1.32 bits per heavy atom. The van der Waals surface area contributed by atoms with E-state index >= 15 is 0 Å². The Kier molecular flexibility index (Phi) is 14.2. The maximum atomic E-state index is 14.4. The molecule has 0 radical (unpaired) electrons. The van der Waals surface area contributed by atoms with Gasteiger partial charge in [-0.25, -0.2) is 4.79 Å². The Hall–Kier alpha value is -5.64. The molecule has 23 nitrogen and oxygen atoms in total. The van der Waals surface area contributed by atoms with E-state index in [1.807, 2.05) is 0 Å². The summed E-state index contributed by atoms with van der Waals surface area (Å²) in [5.41, 5.74) is -1.31. The summed E-state index contributed by atoms with van der Waals surface area (Å²) in [6.45, 7) is -0.145. The van der Waals surface area contributed by atoms with Gasteiger partial charge >= 0.3 is 5.97 Å². The van der Waals surface area contributed by atoms with E-state index in [-0.39, 0.29) is 17.1 Å². The van der Waals surface area contributed by atoms with Crippen LogP contribution in [0.1, 0.15) is 12.5 Å². The maximum Gasteiger partial charge on any atom is 0.331 e. The van der Waals surface area contributed by atoms with Crippen molar-refractivity contribution in [3.63, 3.8) is 0 Å². The molecule has 352 valence electrons. The minimum Gasteiger partial charge on any atom is -0.508 e. The van der Waals surface area contributed by atoms with Gasteiger partial charge in [-0.3, -0.25) is 4.79 Å². The SMILES string of the molecule is CC1O[C@@H](OCC2O[C@@H](Oc3c(-c4ccc(O)c(O)c4)oc4cc(O[C@@H]5OC(CO)[C@@H](O)[C@H](O)C5O)cc(O)c4c3=O)C(O)C(O)[C@H]2OC(=O)/C=C/c2ccc(O)cc2)C(O)[C@@H](O)[C@H]1O. The summed E-state index contributed by atoms with van der Waals surface area (Å²) in [6.07, 6.45) is -23.8. The highest BCUT2D eigenvalue weighted by molar-refractivity contribution is 5.89. The number of aliphatic hydroxyl groups excluding tert-OH is 9. The van der Waals surface area contributed by atoms with Gasteiger partial charge in [0.1, 0.15) is 89.3 Å². The molecule has 4 aromatic rings. The van der Waals surface area contributed by atoms with Crippen LogP contribution in [0.4, 0.5) is 0 Å². The van der Waals surface area contributed by atoms with Crippen molar-refractivity contribution in [2.24, 2.45) is 0 Å². The third-order valence-electron chi connectivity index (χ3n) is 10.9. The summed E-state index contributed by atoms with van der Waals surface area (Å²) in [7, 11) is 0. The molecule has 0 amide bonds. The Morgan fingerprint density at radius 3 is 2.02 bits per heavy atom. The fourth-order valence-corrected chi connectivity index (χ4v) is 7.25. The predicted octanol–water partition coefficient (Wildman–Crippen LogP) is -2.24. The smallest absolute Gasteiger partial charge is 0.331 e. The summed E-state index contributed by atoms with van der Waals surface area (Å²) in [6, 6.07) is 10.8. The van der Waals surface area contributed by atoms with E-state index in [1.165, 1.54) is 43.3 Å². The molecule has 7 rings (SSSR count). The highest BCUT2D eigenvalue weighted by Gasteiger charge is 2.50. The van der Waals surface area contributed by atoms with E-state index in [1.54, 1.807) is 0 Å². The number of ether oxygens (including phenoxy) is 7. The minimum atomic E-state index is -2.17. The Balaban J connectivity index is 1.23. The number of aliphatic hydroxyl groups is 9. The van der Waals surface area contributed by atoms with Crippen LogP contribution in [-0.4, -0.2) is 178 Å². The van der Waals surface area contributed by atoms with Gasteiger partial charge in [0.05, 0.1) is 19.3 Å². The van der Waals surface area contributed by atoms with Crippen LogP contribution in [0.15, 0.2) is 69.9 Å². The monoisotopic (exact) mass is 918 g/mol. The number of phenols is 4. The molecule has 15 atom stereocenters. The molecule has 0 bridgehead atoms. The lowest BCUT2D eigenvalue weighted by atomic mass is 9.98. The van der Waals surface area contributed by atoms with Crippen molar-refractivity contribution in [1.82, 2.24) is 0 Å². The Morgan fingerprint density at radius 1 is 0.677 bits per heavy atom.